The highest BCUT2D eigenvalue weighted by atomic mass is 16.6. The van der Waals surface area contributed by atoms with E-state index in [9.17, 15) is 19.7 Å². The number of hydrogen-bond acceptors (Lipinski definition) is 6. The van der Waals surface area contributed by atoms with E-state index < -0.39 is 16.7 Å². The van der Waals surface area contributed by atoms with Gasteiger partial charge in [-0.3, -0.25) is 29.9 Å². The van der Waals surface area contributed by atoms with E-state index in [0.717, 1.165) is 55.7 Å². The molecule has 0 bridgehead atoms. The summed E-state index contributed by atoms with van der Waals surface area (Å²) in [5.41, 5.74) is 3.17. The minimum atomic E-state index is -0.510. The van der Waals surface area contributed by atoms with Crippen LogP contribution in [-0.2, 0) is 20.9 Å². The Kier molecular flexibility index (Phi) is 5.82. The Labute approximate surface area is 211 Å². The molecule has 2 amide bonds. The number of fused-ring (bicyclic) bond motifs is 2. The molecule has 10 heteroatoms. The summed E-state index contributed by atoms with van der Waals surface area (Å²) < 4.78 is 7.44. The van der Waals surface area contributed by atoms with Gasteiger partial charge < -0.3 is 14.3 Å². The number of nitro benzene ring substituents is 1. The van der Waals surface area contributed by atoms with Gasteiger partial charge >= 0.3 is 0 Å². The van der Waals surface area contributed by atoms with Crippen molar-refractivity contribution in [3.05, 3.63) is 76.1 Å². The Bertz CT molecular complexity index is 1590. The van der Waals surface area contributed by atoms with Crippen molar-refractivity contribution in [2.24, 2.45) is 0 Å². The van der Waals surface area contributed by atoms with Crippen LogP contribution in [0.3, 0.4) is 0 Å². The maximum atomic E-state index is 13.2. The van der Waals surface area contributed by atoms with Crippen LogP contribution in [0.4, 0.5) is 5.69 Å². The second kappa shape index (κ2) is 9.30. The predicted molar refractivity (Wildman–Crippen MR) is 139 cm³/mol. The first-order valence-electron chi connectivity index (χ1n) is 12.3. The average molecular weight is 500 g/mol. The largest absolute Gasteiger partial charge is 0.379 e. The van der Waals surface area contributed by atoms with Gasteiger partial charge in [-0.1, -0.05) is 18.2 Å². The second-order valence-corrected chi connectivity index (χ2v) is 9.28. The minimum Gasteiger partial charge on any atom is -0.379 e. The van der Waals surface area contributed by atoms with Gasteiger partial charge in [0.15, 0.2) is 0 Å². The van der Waals surface area contributed by atoms with E-state index in [-0.39, 0.29) is 16.8 Å². The third-order valence-corrected chi connectivity index (χ3v) is 7.11. The maximum Gasteiger partial charge on any atom is 0.270 e. The smallest absolute Gasteiger partial charge is 0.270 e. The molecule has 0 unspecified atom stereocenters. The molecule has 0 spiro atoms. The van der Waals surface area contributed by atoms with Crippen LogP contribution in [0.15, 0.2) is 54.9 Å². The quantitative estimate of drug-likeness (QED) is 0.229. The fraction of sp³-hybridized carbons (Fsp3) is 0.259. The number of benzene rings is 2. The number of carbonyl (C=O) groups is 2. The van der Waals surface area contributed by atoms with E-state index >= 15 is 0 Å². The molecular formula is C27H25N5O5. The van der Waals surface area contributed by atoms with Crippen LogP contribution >= 0.6 is 0 Å². The van der Waals surface area contributed by atoms with Crippen LogP contribution in [0.2, 0.25) is 0 Å². The summed E-state index contributed by atoms with van der Waals surface area (Å²) in [4.78, 5) is 42.8. The van der Waals surface area contributed by atoms with Gasteiger partial charge in [-0.25, -0.2) is 0 Å². The topological polar surface area (TPSA) is 122 Å². The zero-order valence-electron chi connectivity index (χ0n) is 20.0. The number of ether oxygens (including phenoxy) is 1. The monoisotopic (exact) mass is 499 g/mol. The Morgan fingerprint density at radius 2 is 1.70 bits per heavy atom. The van der Waals surface area contributed by atoms with Crippen molar-refractivity contribution in [1.29, 1.82) is 0 Å². The van der Waals surface area contributed by atoms with Crippen molar-refractivity contribution < 1.29 is 19.2 Å². The highest BCUT2D eigenvalue weighted by Gasteiger charge is 2.35. The molecular weight excluding hydrogens is 474 g/mol. The van der Waals surface area contributed by atoms with E-state index in [1.54, 1.807) is 12.3 Å². The summed E-state index contributed by atoms with van der Waals surface area (Å²) >= 11 is 0. The van der Waals surface area contributed by atoms with E-state index in [1.807, 2.05) is 35.0 Å². The molecule has 4 aromatic rings. The summed E-state index contributed by atoms with van der Waals surface area (Å²) in [6.07, 6.45) is 4.43. The number of H-pyrrole nitrogens is 1. The molecule has 188 valence electrons. The Hall–Kier alpha value is -4.28. The number of aromatic nitrogens is 2. The number of aryl methyl sites for hydroxylation is 1. The van der Waals surface area contributed by atoms with Gasteiger partial charge in [0.05, 0.1) is 29.3 Å². The number of aromatic amines is 1. The van der Waals surface area contributed by atoms with Crippen molar-refractivity contribution in [1.82, 2.24) is 19.8 Å². The number of hydrogen-bond donors (Lipinski definition) is 2. The SMILES string of the molecule is O=C1NC(=O)C(c2cn(CCCN3CCOCC3)c3ccc([N+](=O)[O-])cc23)=C1c1c[nH]c2ccccc12. The summed E-state index contributed by atoms with van der Waals surface area (Å²) in [5, 5.41) is 15.4. The molecule has 4 heterocycles. The third kappa shape index (κ3) is 4.09. The summed E-state index contributed by atoms with van der Waals surface area (Å²) in [6, 6.07) is 12.2. The third-order valence-electron chi connectivity index (χ3n) is 7.11. The standard InChI is InChI=1S/C27H25N5O5/c33-26-24(20-15-28-22-5-2-1-4-18(20)22)25(27(34)29-26)21-16-31(9-3-8-30-10-12-37-13-11-30)23-7-6-17(32(35)36)14-19(21)23/h1-2,4-7,14-16,28H,3,8-13H2,(H,29,33,34). The number of para-hydroxylation sites is 1. The van der Waals surface area contributed by atoms with Gasteiger partial charge in [0.2, 0.25) is 0 Å². The Morgan fingerprint density at radius 1 is 0.946 bits per heavy atom. The van der Waals surface area contributed by atoms with Gasteiger partial charge in [0.25, 0.3) is 17.5 Å². The van der Waals surface area contributed by atoms with Crippen LogP contribution in [0, 0.1) is 10.1 Å². The Balaban J connectivity index is 1.47. The van der Waals surface area contributed by atoms with Crippen molar-refractivity contribution >= 4 is 50.5 Å². The van der Waals surface area contributed by atoms with Crippen LogP contribution in [-0.4, -0.2) is 64.0 Å². The van der Waals surface area contributed by atoms with Crippen LogP contribution < -0.4 is 5.32 Å². The number of carbonyl (C=O) groups excluding carboxylic acids is 2. The normalized spacial score (nSPS) is 16.8. The van der Waals surface area contributed by atoms with Gasteiger partial charge in [-0.2, -0.15) is 0 Å². The first kappa shape index (κ1) is 23.1. The highest BCUT2D eigenvalue weighted by molar-refractivity contribution is 6.50. The second-order valence-electron chi connectivity index (χ2n) is 9.28. The molecule has 10 nitrogen and oxygen atoms in total. The fourth-order valence-electron chi connectivity index (χ4n) is 5.32. The number of imide groups is 1. The molecule has 2 aromatic carbocycles. The summed E-state index contributed by atoms with van der Waals surface area (Å²) in [6.45, 7) is 4.81. The lowest BCUT2D eigenvalue weighted by atomic mass is 9.95. The molecule has 0 atom stereocenters. The van der Waals surface area contributed by atoms with Gasteiger partial charge in [-0.15, -0.1) is 0 Å². The van der Waals surface area contributed by atoms with Gasteiger partial charge in [0, 0.05) is 83.6 Å². The van der Waals surface area contributed by atoms with E-state index in [4.69, 9.17) is 4.74 Å². The number of rotatable bonds is 7. The number of non-ortho nitro benzene ring substituents is 1. The van der Waals surface area contributed by atoms with Gasteiger partial charge in [0.1, 0.15) is 0 Å². The van der Waals surface area contributed by atoms with Crippen LogP contribution in [0.5, 0.6) is 0 Å². The molecule has 0 radical (unpaired) electrons. The average Bonchev–Trinajstić information content (AvgIpc) is 3.57. The molecule has 1 fully saturated rings. The molecule has 2 aliphatic heterocycles. The maximum absolute atomic E-state index is 13.2. The highest BCUT2D eigenvalue weighted by Crippen LogP contribution is 2.39. The van der Waals surface area contributed by atoms with Crippen molar-refractivity contribution in [2.75, 3.05) is 32.8 Å². The number of nitrogens with one attached hydrogen (secondary N) is 2. The van der Waals surface area contributed by atoms with Crippen molar-refractivity contribution in [3.63, 3.8) is 0 Å². The predicted octanol–water partition coefficient (Wildman–Crippen LogP) is 3.32. The van der Waals surface area contributed by atoms with E-state index in [0.29, 0.717) is 23.1 Å². The van der Waals surface area contributed by atoms with Crippen LogP contribution in [0.25, 0.3) is 33.0 Å². The number of nitrogens with zero attached hydrogens (tertiary/aromatic N) is 3. The van der Waals surface area contributed by atoms with E-state index in [1.165, 1.54) is 12.1 Å². The molecule has 1 saturated heterocycles. The molecule has 6 rings (SSSR count). The van der Waals surface area contributed by atoms with Crippen LogP contribution in [0.1, 0.15) is 17.5 Å². The zero-order chi connectivity index (χ0) is 25.5. The molecule has 2 aliphatic rings. The number of amides is 2. The van der Waals surface area contributed by atoms with E-state index in [2.05, 4.69) is 15.2 Å². The molecule has 37 heavy (non-hydrogen) atoms. The number of morpholine rings is 1. The molecule has 0 saturated carbocycles. The Morgan fingerprint density at radius 3 is 2.49 bits per heavy atom. The molecule has 2 N–H and O–H groups in total. The van der Waals surface area contributed by atoms with Crippen molar-refractivity contribution in [3.8, 4) is 0 Å². The summed E-state index contributed by atoms with van der Waals surface area (Å²) in [7, 11) is 0. The first-order chi connectivity index (χ1) is 18.0. The lowest BCUT2D eigenvalue weighted by molar-refractivity contribution is -0.384. The zero-order valence-corrected chi connectivity index (χ0v) is 20.0. The summed E-state index contributed by atoms with van der Waals surface area (Å²) in [5.74, 6) is -0.993. The molecule has 2 aromatic heterocycles. The first-order valence-corrected chi connectivity index (χ1v) is 12.3. The lowest BCUT2D eigenvalue weighted by Gasteiger charge is -2.26. The van der Waals surface area contributed by atoms with Crippen molar-refractivity contribution in [2.45, 2.75) is 13.0 Å². The molecule has 0 aliphatic carbocycles. The minimum absolute atomic E-state index is 0.0706. The fourth-order valence-corrected chi connectivity index (χ4v) is 5.32. The van der Waals surface area contributed by atoms with Gasteiger partial charge in [-0.05, 0) is 18.6 Å². The number of nitro groups is 1. The lowest BCUT2D eigenvalue weighted by Crippen LogP contribution is -2.37.